The minimum Gasteiger partial charge on any atom is -0.796 e. The van der Waals surface area contributed by atoms with E-state index in [1.54, 1.807) is 6.26 Å². The summed E-state index contributed by atoms with van der Waals surface area (Å²) in [6, 6.07) is 0. The van der Waals surface area contributed by atoms with E-state index in [4.69, 9.17) is 0 Å². The molecule has 0 N–H and O–H groups in total. The summed E-state index contributed by atoms with van der Waals surface area (Å²) in [6.45, 7) is 4.50. The standard InChI is InChI=1S/2C2H5.CH4S.Al/c3*1-2;/h2*1H2,2H3;2H,1H3;/q;;;+1/p-1. The van der Waals surface area contributed by atoms with Crippen molar-refractivity contribution in [3.05, 3.63) is 0 Å². The first kappa shape index (κ1) is 10.8. The molecule has 0 aromatic carbocycles. The molecule has 7 heavy (non-hydrogen) atoms. The second-order valence-corrected chi connectivity index (χ2v) is 3.32. The molecule has 0 heterocycles. The Labute approximate surface area is 58.8 Å². The largest absolute Gasteiger partial charge is 0.796 e. The van der Waals surface area contributed by atoms with Crippen molar-refractivity contribution in [2.24, 2.45) is 0 Å². The van der Waals surface area contributed by atoms with Gasteiger partial charge in [-0.2, -0.15) is 6.26 Å². The van der Waals surface area contributed by atoms with Gasteiger partial charge in [0, 0.05) is 0 Å². The van der Waals surface area contributed by atoms with Gasteiger partial charge in [-0.3, -0.25) is 0 Å². The molecule has 0 bridgehead atoms. The second kappa shape index (κ2) is 15.8. The Morgan fingerprint density at radius 1 is 1.14 bits per heavy atom. The first-order valence-corrected chi connectivity index (χ1v) is 5.09. The van der Waals surface area contributed by atoms with Crippen LogP contribution in [0.2, 0.25) is 10.6 Å². The van der Waals surface area contributed by atoms with Crippen molar-refractivity contribution in [2.75, 3.05) is 6.26 Å². The third-order valence-electron chi connectivity index (χ3n) is 0.577. The molecule has 0 aliphatic rings. The van der Waals surface area contributed by atoms with E-state index in [-0.39, 0.29) is 0 Å². The van der Waals surface area contributed by atoms with Gasteiger partial charge in [0.1, 0.15) is 0 Å². The molecule has 0 aromatic heterocycles. The number of hydrogen-bond donors (Lipinski definition) is 0. The summed E-state index contributed by atoms with van der Waals surface area (Å²) in [7, 11) is 0. The molecule has 0 rings (SSSR count). The monoisotopic (exact) mass is 132 g/mol. The van der Waals surface area contributed by atoms with Gasteiger partial charge < -0.3 is 12.6 Å². The third-order valence-corrected chi connectivity index (χ3v) is 1.73. The van der Waals surface area contributed by atoms with Crippen molar-refractivity contribution in [3.8, 4) is 0 Å². The summed E-state index contributed by atoms with van der Waals surface area (Å²) >= 11 is 4.90. The topological polar surface area (TPSA) is 0 Å². The molecule has 0 aliphatic heterocycles. The van der Waals surface area contributed by atoms with Crippen LogP contribution in [-0.4, -0.2) is 21.5 Å². The van der Waals surface area contributed by atoms with Gasteiger partial charge in [0.25, 0.3) is 0 Å². The van der Waals surface area contributed by atoms with Crippen molar-refractivity contribution in [2.45, 2.75) is 24.4 Å². The third kappa shape index (κ3) is 19.7. The molecule has 0 radical (unpaired) electrons. The number of rotatable bonds is 2. The Bertz CT molecular complexity index is 15.6. The quantitative estimate of drug-likeness (QED) is 0.407. The summed E-state index contributed by atoms with van der Waals surface area (Å²) in [5.74, 6) is 0. The van der Waals surface area contributed by atoms with Crippen molar-refractivity contribution < 1.29 is 0 Å². The molecule has 42 valence electrons. The Hall–Kier alpha value is 0.882. The maximum Gasteiger partial charge on any atom is -0.189 e. The van der Waals surface area contributed by atoms with Crippen LogP contribution < -0.4 is 0 Å². The van der Waals surface area contributed by atoms with E-state index in [0.29, 0.717) is 0 Å². The zero-order valence-electron chi connectivity index (χ0n) is 5.40. The Kier molecular flexibility index (Phi) is 24.4. The van der Waals surface area contributed by atoms with Crippen LogP contribution in [0, 0.1) is 0 Å². The first-order chi connectivity index (χ1) is 3.41. The molecular weight excluding hydrogens is 119 g/mol. The van der Waals surface area contributed by atoms with Gasteiger partial charge in [0.15, 0.2) is 0 Å². The fourth-order valence-corrected chi connectivity index (χ4v) is 0.866. The van der Waals surface area contributed by atoms with Crippen LogP contribution in [0.5, 0.6) is 0 Å². The van der Waals surface area contributed by atoms with Gasteiger partial charge in [-0.05, 0) is 0 Å². The van der Waals surface area contributed by atoms with Crippen LogP contribution in [0.3, 0.4) is 0 Å². The normalized spacial score (nSPS) is 5.71. The fraction of sp³-hybridized carbons (Fsp3) is 1.00. The molecule has 0 saturated carbocycles. The van der Waals surface area contributed by atoms with Gasteiger partial charge in [-0.25, -0.2) is 0 Å². The van der Waals surface area contributed by atoms with E-state index in [9.17, 15) is 0 Å². The van der Waals surface area contributed by atoms with Crippen LogP contribution in [0.15, 0.2) is 0 Å². The molecule has 0 spiro atoms. The predicted molar refractivity (Wildman–Crippen MR) is 40.0 cm³/mol. The zero-order chi connectivity index (χ0) is 6.12. The van der Waals surface area contributed by atoms with Crippen LogP contribution >= 0.6 is 0 Å². The average molecular weight is 132 g/mol. The molecule has 0 aromatic rings. The van der Waals surface area contributed by atoms with Crippen molar-refractivity contribution in [1.29, 1.82) is 0 Å². The van der Waals surface area contributed by atoms with Gasteiger partial charge in [-0.1, -0.05) is 0 Å². The summed E-state index contributed by atoms with van der Waals surface area (Å²) in [6.07, 6.45) is 1.58. The van der Waals surface area contributed by atoms with E-state index in [0.717, 1.165) is 15.2 Å². The van der Waals surface area contributed by atoms with Crippen molar-refractivity contribution in [3.63, 3.8) is 0 Å². The van der Waals surface area contributed by atoms with Crippen molar-refractivity contribution >= 4 is 27.8 Å². The summed E-state index contributed by atoms with van der Waals surface area (Å²) in [5, 5.41) is 2.85. The Morgan fingerprint density at radius 3 is 1.43 bits per heavy atom. The van der Waals surface area contributed by atoms with Crippen LogP contribution in [-0.2, 0) is 12.6 Å². The summed E-state index contributed by atoms with van der Waals surface area (Å²) < 4.78 is 0. The Balaban J connectivity index is 0. The van der Waals surface area contributed by atoms with E-state index in [1.807, 2.05) is 0 Å². The summed E-state index contributed by atoms with van der Waals surface area (Å²) in [4.78, 5) is 0. The molecule has 0 aliphatic carbocycles. The molecule has 0 amide bonds. The first-order valence-electron chi connectivity index (χ1n) is 2.64. The van der Waals surface area contributed by atoms with E-state index < -0.39 is 0 Å². The van der Waals surface area contributed by atoms with Crippen LogP contribution in [0.25, 0.3) is 0 Å². The smallest absolute Gasteiger partial charge is 0.189 e. The van der Waals surface area contributed by atoms with E-state index >= 15 is 0 Å². The number of hydrogen-bond acceptors (Lipinski definition) is 1. The van der Waals surface area contributed by atoms with Gasteiger partial charge >= 0.3 is 39.6 Å². The molecule has 0 atom stereocenters. The van der Waals surface area contributed by atoms with Gasteiger partial charge in [0.2, 0.25) is 0 Å². The zero-order valence-corrected chi connectivity index (χ0v) is 7.37. The molecule has 0 unspecified atom stereocenters. The molecule has 0 saturated heterocycles. The molecular formula is C5H13AlS. The van der Waals surface area contributed by atoms with Gasteiger partial charge in [-0.15, -0.1) is 0 Å². The maximum absolute atomic E-state index is 4.08. The average Bonchev–Trinajstić information content (AvgIpc) is 1.75. The minimum absolute atomic E-state index is 0.815. The molecule has 0 fully saturated rings. The minimum atomic E-state index is 0.815. The fourth-order valence-electron chi connectivity index (χ4n) is 0.289. The summed E-state index contributed by atoms with van der Waals surface area (Å²) in [5.41, 5.74) is 0. The van der Waals surface area contributed by atoms with Crippen LogP contribution in [0.1, 0.15) is 13.8 Å². The predicted octanol–water partition coefficient (Wildman–Crippen LogP) is 1.73. The maximum atomic E-state index is 4.08. The second-order valence-electron chi connectivity index (χ2n) is 1.11. The van der Waals surface area contributed by atoms with E-state index in [1.165, 1.54) is 10.6 Å². The van der Waals surface area contributed by atoms with Gasteiger partial charge in [0.05, 0.1) is 0 Å². The molecule has 2 heteroatoms. The SMILES string of the molecule is C[CH2][Al+][CH2]C.C[S-]. The van der Waals surface area contributed by atoms with Crippen LogP contribution in [0.4, 0.5) is 0 Å². The van der Waals surface area contributed by atoms with Crippen molar-refractivity contribution in [1.82, 2.24) is 0 Å². The van der Waals surface area contributed by atoms with E-state index in [2.05, 4.69) is 26.5 Å². The Morgan fingerprint density at radius 2 is 1.43 bits per heavy atom. The molecule has 0 nitrogen and oxygen atoms in total.